The fourth-order valence-corrected chi connectivity index (χ4v) is 3.74. The van der Waals surface area contributed by atoms with Crippen molar-refractivity contribution >= 4 is 32.4 Å². The van der Waals surface area contributed by atoms with Gasteiger partial charge in [-0.3, -0.25) is 4.79 Å². The zero-order valence-electron chi connectivity index (χ0n) is 12.4. The maximum atomic E-state index is 12.2. The largest absolute Gasteiger partial charge is 0.301 e. The Morgan fingerprint density at radius 1 is 1.27 bits per heavy atom. The maximum Gasteiger partial charge on any atom is 0.270 e. The minimum Gasteiger partial charge on any atom is -0.301 e. The molecule has 2 aromatic rings. The molecule has 0 aliphatic rings. The van der Waals surface area contributed by atoms with Crippen molar-refractivity contribution in [3.8, 4) is 0 Å². The second-order valence-electron chi connectivity index (χ2n) is 4.81. The summed E-state index contributed by atoms with van der Waals surface area (Å²) in [5.74, 6) is -0.330. The Morgan fingerprint density at radius 2 is 2.00 bits per heavy atom. The fraction of sp³-hybridized carbons (Fsp3) is 0.308. The number of amides is 1. The van der Waals surface area contributed by atoms with E-state index >= 15 is 0 Å². The third-order valence-corrected chi connectivity index (χ3v) is 5.48. The Kier molecular flexibility index (Phi) is 4.89. The summed E-state index contributed by atoms with van der Waals surface area (Å²) in [4.78, 5) is 10.9. The number of carbonyl (C=O) groups is 1. The molecule has 0 radical (unpaired) electrons. The Hall–Kier alpha value is -1.84. The molecule has 7 nitrogen and oxygen atoms in total. The second kappa shape index (κ2) is 6.51. The molecule has 22 heavy (non-hydrogen) atoms. The number of aromatic nitrogens is 2. The molecule has 0 bridgehead atoms. The number of hydrogen-bond donors (Lipinski definition) is 2. The molecule has 9 heteroatoms. The van der Waals surface area contributed by atoms with Crippen LogP contribution in [0.25, 0.3) is 0 Å². The number of nitrogens with one attached hydrogen (secondary N) is 2. The molecule has 1 heterocycles. The highest BCUT2D eigenvalue weighted by Gasteiger charge is 2.20. The molecule has 0 aliphatic carbocycles. The third-order valence-electron chi connectivity index (χ3n) is 2.88. The lowest BCUT2D eigenvalue weighted by Gasteiger charge is -2.08. The van der Waals surface area contributed by atoms with E-state index in [1.807, 2.05) is 32.0 Å². The highest BCUT2D eigenvalue weighted by molar-refractivity contribution is 7.91. The first kappa shape index (κ1) is 16.5. The van der Waals surface area contributed by atoms with Gasteiger partial charge in [0.15, 0.2) is 0 Å². The molecule has 0 saturated heterocycles. The highest BCUT2D eigenvalue weighted by Crippen LogP contribution is 2.20. The average Bonchev–Trinajstić information content (AvgIpc) is 2.88. The van der Waals surface area contributed by atoms with Gasteiger partial charge in [0.2, 0.25) is 15.4 Å². The van der Waals surface area contributed by atoms with Crippen LogP contribution < -0.4 is 10.0 Å². The fourth-order valence-electron chi connectivity index (χ4n) is 1.74. The van der Waals surface area contributed by atoms with Gasteiger partial charge in [-0.15, -0.1) is 10.2 Å². The zero-order valence-corrected chi connectivity index (χ0v) is 14.0. The monoisotopic (exact) mass is 340 g/mol. The van der Waals surface area contributed by atoms with E-state index in [0.717, 1.165) is 28.0 Å². The first-order chi connectivity index (χ1) is 10.3. The smallest absolute Gasteiger partial charge is 0.270 e. The minimum absolute atomic E-state index is 0.152. The SMILES string of the molecule is CC(=O)Nc1nnc(S(=O)(=O)NCc2cc(C)ccc2C)s1. The van der Waals surface area contributed by atoms with Crippen molar-refractivity contribution in [3.05, 3.63) is 34.9 Å². The van der Waals surface area contributed by atoms with Gasteiger partial charge in [0.05, 0.1) is 0 Å². The first-order valence-corrected chi connectivity index (χ1v) is 8.75. The molecule has 0 unspecified atom stereocenters. The van der Waals surface area contributed by atoms with Gasteiger partial charge in [-0.1, -0.05) is 35.1 Å². The summed E-state index contributed by atoms with van der Waals surface area (Å²) in [6.07, 6.45) is 0. The molecule has 1 aromatic carbocycles. The third kappa shape index (κ3) is 4.09. The van der Waals surface area contributed by atoms with E-state index in [1.54, 1.807) is 0 Å². The highest BCUT2D eigenvalue weighted by atomic mass is 32.2. The lowest BCUT2D eigenvalue weighted by Crippen LogP contribution is -2.23. The number of nitrogens with zero attached hydrogens (tertiary/aromatic N) is 2. The van der Waals surface area contributed by atoms with Crippen LogP contribution in [0.4, 0.5) is 5.13 Å². The number of sulfonamides is 1. The molecule has 0 spiro atoms. The van der Waals surface area contributed by atoms with E-state index in [-0.39, 0.29) is 21.9 Å². The van der Waals surface area contributed by atoms with Crippen LogP contribution in [-0.2, 0) is 21.4 Å². The molecule has 1 amide bonds. The average molecular weight is 340 g/mol. The van der Waals surface area contributed by atoms with E-state index in [2.05, 4.69) is 20.2 Å². The number of benzene rings is 1. The standard InChI is InChI=1S/C13H16N4O3S2/c1-8-4-5-9(2)11(6-8)7-14-22(19,20)13-17-16-12(21-13)15-10(3)18/h4-6,14H,7H2,1-3H3,(H,15,16,18). The molecule has 2 N–H and O–H groups in total. The van der Waals surface area contributed by atoms with Crippen molar-refractivity contribution in [1.29, 1.82) is 0 Å². The Bertz CT molecular complexity index is 799. The van der Waals surface area contributed by atoms with E-state index in [1.165, 1.54) is 6.92 Å². The van der Waals surface area contributed by atoms with Crippen molar-refractivity contribution in [3.63, 3.8) is 0 Å². The van der Waals surface area contributed by atoms with Gasteiger partial charge in [-0.05, 0) is 25.0 Å². The van der Waals surface area contributed by atoms with Crippen molar-refractivity contribution < 1.29 is 13.2 Å². The van der Waals surface area contributed by atoms with Crippen LogP contribution in [0, 0.1) is 13.8 Å². The number of anilines is 1. The van der Waals surface area contributed by atoms with Crippen molar-refractivity contribution in [2.75, 3.05) is 5.32 Å². The van der Waals surface area contributed by atoms with Gasteiger partial charge >= 0.3 is 0 Å². The molecule has 0 saturated carbocycles. The number of hydrogen-bond acceptors (Lipinski definition) is 6. The summed E-state index contributed by atoms with van der Waals surface area (Å²) in [5, 5.41) is 9.78. The molecular formula is C13H16N4O3S2. The predicted octanol–water partition coefficient (Wildman–Crippen LogP) is 1.59. The summed E-state index contributed by atoms with van der Waals surface area (Å²) in [6, 6.07) is 5.84. The minimum atomic E-state index is -3.76. The summed E-state index contributed by atoms with van der Waals surface area (Å²) < 4.78 is 26.7. The van der Waals surface area contributed by atoms with Crippen molar-refractivity contribution in [2.24, 2.45) is 0 Å². The normalized spacial score (nSPS) is 11.4. The van der Waals surface area contributed by atoms with Crippen LogP contribution in [0.3, 0.4) is 0 Å². The summed E-state index contributed by atoms with van der Waals surface area (Å²) in [5.41, 5.74) is 2.96. The molecule has 118 valence electrons. The lowest BCUT2D eigenvalue weighted by atomic mass is 10.1. The van der Waals surface area contributed by atoms with E-state index < -0.39 is 10.0 Å². The van der Waals surface area contributed by atoms with E-state index in [9.17, 15) is 13.2 Å². The Balaban J connectivity index is 2.12. The molecule has 1 aromatic heterocycles. The van der Waals surface area contributed by atoms with Gasteiger partial charge in [0.25, 0.3) is 10.0 Å². The van der Waals surface area contributed by atoms with Gasteiger partial charge < -0.3 is 5.32 Å². The van der Waals surface area contributed by atoms with Crippen LogP contribution in [0.5, 0.6) is 0 Å². The predicted molar refractivity (Wildman–Crippen MR) is 84.2 cm³/mol. The van der Waals surface area contributed by atoms with Gasteiger partial charge in [-0.25, -0.2) is 13.1 Å². The summed E-state index contributed by atoms with van der Waals surface area (Å²) >= 11 is 0.806. The van der Waals surface area contributed by atoms with Crippen LogP contribution in [0.15, 0.2) is 22.5 Å². The van der Waals surface area contributed by atoms with Crippen molar-refractivity contribution in [2.45, 2.75) is 31.7 Å². The van der Waals surface area contributed by atoms with Crippen LogP contribution >= 0.6 is 11.3 Å². The van der Waals surface area contributed by atoms with E-state index in [0.29, 0.717) is 0 Å². The van der Waals surface area contributed by atoms with Crippen LogP contribution in [0.1, 0.15) is 23.6 Å². The Morgan fingerprint density at radius 3 is 2.68 bits per heavy atom. The first-order valence-electron chi connectivity index (χ1n) is 6.45. The van der Waals surface area contributed by atoms with Gasteiger partial charge in [0.1, 0.15) is 0 Å². The molecule has 0 aliphatic heterocycles. The molecule has 0 fully saturated rings. The number of aryl methyl sites for hydroxylation is 2. The van der Waals surface area contributed by atoms with E-state index in [4.69, 9.17) is 0 Å². The quantitative estimate of drug-likeness (QED) is 0.805. The summed E-state index contributed by atoms with van der Waals surface area (Å²) in [6.45, 7) is 5.35. The van der Waals surface area contributed by atoms with Crippen LogP contribution in [-0.4, -0.2) is 24.5 Å². The van der Waals surface area contributed by atoms with Crippen LogP contribution in [0.2, 0.25) is 0 Å². The molecular weight excluding hydrogens is 324 g/mol. The topological polar surface area (TPSA) is 101 Å². The lowest BCUT2D eigenvalue weighted by molar-refractivity contribution is -0.114. The van der Waals surface area contributed by atoms with Crippen molar-refractivity contribution in [1.82, 2.24) is 14.9 Å². The molecule has 2 rings (SSSR count). The van der Waals surface area contributed by atoms with Gasteiger partial charge in [0, 0.05) is 13.5 Å². The van der Waals surface area contributed by atoms with Gasteiger partial charge in [-0.2, -0.15) is 0 Å². The number of rotatable bonds is 5. The Labute approximate surface area is 132 Å². The second-order valence-corrected chi connectivity index (χ2v) is 7.73. The zero-order chi connectivity index (χ0) is 16.3. The molecule has 0 atom stereocenters. The summed E-state index contributed by atoms with van der Waals surface area (Å²) in [7, 11) is -3.76. The number of carbonyl (C=O) groups excluding carboxylic acids is 1. The maximum absolute atomic E-state index is 12.2.